The van der Waals surface area contributed by atoms with Gasteiger partial charge in [-0.3, -0.25) is 4.90 Å². The Hall–Kier alpha value is -0.0400. The second-order valence-corrected chi connectivity index (χ2v) is 2.85. The number of nitrogens with zero attached hydrogens (tertiary/aromatic N) is 1. The topological polar surface area (TPSA) is 3.24 Å². The predicted octanol–water partition coefficient (Wildman–Crippen LogP) is 1.49. The van der Waals surface area contributed by atoms with Crippen LogP contribution in [-0.2, 0) is 0 Å². The molecule has 0 radical (unpaired) electrons. The Labute approximate surface area is 60.1 Å². The molecule has 8 heavy (non-hydrogen) atoms. The molecular formula is C7H15N. The molecule has 0 atom stereocenters. The van der Waals surface area contributed by atoms with Gasteiger partial charge < -0.3 is 0 Å². The third kappa shape index (κ3) is 1.03. The predicted molar refractivity (Wildman–Crippen MR) is 35.9 cm³/mol. The Morgan fingerprint density at radius 1 is 1.38 bits per heavy atom. The van der Waals surface area contributed by atoms with Crippen molar-refractivity contribution in [1.82, 2.24) is 4.90 Å². The van der Waals surface area contributed by atoms with E-state index in [2.05, 4.69) is 0 Å². The zero-order chi connectivity index (χ0) is 11.6. The molecule has 0 amide bonds. The summed E-state index contributed by atoms with van der Waals surface area (Å²) < 4.78 is 44.8. The van der Waals surface area contributed by atoms with Gasteiger partial charge in [0.2, 0.25) is 0 Å². The smallest absolute Gasteiger partial charge is 0.0431 e. The third-order valence-electron chi connectivity index (χ3n) is 1.01. The van der Waals surface area contributed by atoms with E-state index >= 15 is 0 Å². The third-order valence-corrected chi connectivity index (χ3v) is 1.01. The van der Waals surface area contributed by atoms with Crippen LogP contribution < -0.4 is 0 Å². The van der Waals surface area contributed by atoms with Crippen LogP contribution in [0, 0.1) is 0 Å². The van der Waals surface area contributed by atoms with Crippen molar-refractivity contribution >= 4 is 0 Å². The SMILES string of the molecule is [2H]C1([2H])N(C(C)(C)C)C([2H])([2H])C1([2H])[2H]. The van der Waals surface area contributed by atoms with E-state index in [4.69, 9.17) is 8.22 Å². The number of rotatable bonds is 0. The maximum Gasteiger partial charge on any atom is 0.0431 e. The van der Waals surface area contributed by atoms with Crippen molar-refractivity contribution in [1.29, 1.82) is 0 Å². The fraction of sp³-hybridized carbons (Fsp3) is 1.00. The van der Waals surface area contributed by atoms with Crippen LogP contribution >= 0.6 is 0 Å². The van der Waals surface area contributed by atoms with Crippen molar-refractivity contribution in [3.05, 3.63) is 0 Å². The summed E-state index contributed by atoms with van der Waals surface area (Å²) in [7, 11) is 0. The van der Waals surface area contributed by atoms with Gasteiger partial charge in [-0.15, -0.1) is 0 Å². The molecule has 1 saturated heterocycles. The molecule has 1 nitrogen and oxygen atoms in total. The summed E-state index contributed by atoms with van der Waals surface area (Å²) in [5, 5.41) is 0. The first kappa shape index (κ1) is 1.98. The van der Waals surface area contributed by atoms with E-state index < -0.39 is 24.9 Å². The first-order valence-electron chi connectivity index (χ1n) is 5.67. The lowest BCUT2D eigenvalue weighted by molar-refractivity contribution is 0.0690. The van der Waals surface area contributed by atoms with Gasteiger partial charge in [0.1, 0.15) is 0 Å². The second kappa shape index (κ2) is 1.73. The van der Waals surface area contributed by atoms with Gasteiger partial charge in [0, 0.05) is 13.8 Å². The van der Waals surface area contributed by atoms with E-state index in [-0.39, 0.29) is 0 Å². The Morgan fingerprint density at radius 2 is 1.88 bits per heavy atom. The molecule has 1 aliphatic rings. The Bertz CT molecular complexity index is 235. The maximum atomic E-state index is 7.52. The molecule has 0 unspecified atom stereocenters. The zero-order valence-corrected chi connectivity index (χ0v) is 5.45. The van der Waals surface area contributed by atoms with Crippen LogP contribution in [0.5, 0.6) is 0 Å². The van der Waals surface area contributed by atoms with E-state index in [0.29, 0.717) is 0 Å². The Balaban J connectivity index is 3.13. The highest BCUT2D eigenvalue weighted by molar-refractivity contribution is 4.81. The van der Waals surface area contributed by atoms with Gasteiger partial charge in [0.05, 0.1) is 0 Å². The average Bonchev–Trinajstić information content (AvgIpc) is 1.79. The van der Waals surface area contributed by atoms with Crippen molar-refractivity contribution in [2.24, 2.45) is 0 Å². The lowest BCUT2D eigenvalue weighted by atomic mass is 10.0. The van der Waals surface area contributed by atoms with E-state index in [9.17, 15) is 0 Å². The zero-order valence-electron chi connectivity index (χ0n) is 11.4. The van der Waals surface area contributed by atoms with E-state index in [1.807, 2.05) is 0 Å². The molecule has 1 rings (SSSR count). The average molecular weight is 119 g/mol. The molecule has 0 spiro atoms. The molecule has 1 heterocycles. The maximum absolute atomic E-state index is 7.52. The lowest BCUT2D eigenvalue weighted by Gasteiger charge is -2.42. The quantitative estimate of drug-likeness (QED) is 0.467. The molecule has 1 heteroatoms. The fourth-order valence-corrected chi connectivity index (χ4v) is 0.447. The normalized spacial score (nSPS) is 52.9. The van der Waals surface area contributed by atoms with Crippen molar-refractivity contribution in [3.63, 3.8) is 0 Å². The first-order chi connectivity index (χ1) is 5.87. The monoisotopic (exact) mass is 119 g/mol. The molecule has 0 saturated carbocycles. The molecule has 1 aliphatic heterocycles. The molecule has 0 bridgehead atoms. The summed E-state index contributed by atoms with van der Waals surface area (Å²) in [6.45, 7) is 0.483. The molecule has 1 fully saturated rings. The van der Waals surface area contributed by atoms with Crippen LogP contribution in [0.4, 0.5) is 0 Å². The van der Waals surface area contributed by atoms with Crippen molar-refractivity contribution in [3.8, 4) is 0 Å². The molecular weight excluding hydrogens is 98.1 g/mol. The number of hydrogen-bond acceptors (Lipinski definition) is 1. The largest absolute Gasteiger partial charge is 0.298 e. The molecule has 48 valence electrons. The van der Waals surface area contributed by atoms with E-state index in [0.717, 1.165) is 4.90 Å². The van der Waals surface area contributed by atoms with Crippen molar-refractivity contribution in [2.45, 2.75) is 32.7 Å². The van der Waals surface area contributed by atoms with E-state index in [1.165, 1.54) is 0 Å². The summed E-state index contributed by atoms with van der Waals surface area (Å²) >= 11 is 0. The fourth-order valence-electron chi connectivity index (χ4n) is 0.447. The van der Waals surface area contributed by atoms with Crippen LogP contribution in [0.1, 0.15) is 35.4 Å². The second-order valence-electron chi connectivity index (χ2n) is 2.85. The summed E-state index contributed by atoms with van der Waals surface area (Å²) in [6.07, 6.45) is -2.47. The van der Waals surface area contributed by atoms with Crippen LogP contribution in [0.2, 0.25) is 0 Å². The summed E-state index contributed by atoms with van der Waals surface area (Å²) in [4.78, 5) is 0.938. The molecule has 0 aromatic heterocycles. The highest BCUT2D eigenvalue weighted by Gasteiger charge is 2.25. The molecule has 0 aromatic rings. The lowest BCUT2D eigenvalue weighted by Crippen LogP contribution is -2.49. The van der Waals surface area contributed by atoms with Crippen LogP contribution in [0.3, 0.4) is 0 Å². The van der Waals surface area contributed by atoms with Gasteiger partial charge in [-0.2, -0.15) is 0 Å². The summed E-state index contributed by atoms with van der Waals surface area (Å²) in [5.41, 5.74) is -0.737. The molecule has 0 aliphatic carbocycles. The standard InChI is InChI=1S/C7H15N/c1-7(2,3)8-5-4-6-8/h4-6H2,1-3H3/i4D2,5D2,6D2. The number of hydrogen-bond donors (Lipinski definition) is 0. The molecule has 0 aromatic carbocycles. The summed E-state index contributed by atoms with van der Waals surface area (Å²) in [5.74, 6) is 0. The Morgan fingerprint density at radius 3 is 2.12 bits per heavy atom. The van der Waals surface area contributed by atoms with Gasteiger partial charge in [-0.1, -0.05) is 0 Å². The van der Waals surface area contributed by atoms with Crippen molar-refractivity contribution in [2.75, 3.05) is 13.0 Å². The van der Waals surface area contributed by atoms with Gasteiger partial charge in [-0.05, 0) is 40.1 Å². The highest BCUT2D eigenvalue weighted by atomic mass is 15.2. The van der Waals surface area contributed by atoms with Crippen molar-refractivity contribution < 1.29 is 8.22 Å². The molecule has 0 N–H and O–H groups in total. The Kier molecular flexibility index (Phi) is 0.427. The van der Waals surface area contributed by atoms with Gasteiger partial charge in [0.25, 0.3) is 0 Å². The minimum absolute atomic E-state index is 0.737. The minimum Gasteiger partial charge on any atom is -0.298 e. The van der Waals surface area contributed by atoms with Gasteiger partial charge in [0.15, 0.2) is 0 Å². The van der Waals surface area contributed by atoms with E-state index in [1.54, 1.807) is 20.8 Å². The minimum atomic E-state index is -2.47. The van der Waals surface area contributed by atoms with Gasteiger partial charge in [-0.25, -0.2) is 0 Å². The van der Waals surface area contributed by atoms with Crippen LogP contribution in [-0.4, -0.2) is 23.4 Å². The number of likely N-dealkylation sites (tertiary alicyclic amines) is 1. The van der Waals surface area contributed by atoms with Crippen LogP contribution in [0.15, 0.2) is 0 Å². The first-order valence-corrected chi connectivity index (χ1v) is 2.67. The van der Waals surface area contributed by atoms with Gasteiger partial charge >= 0.3 is 0 Å². The summed E-state index contributed by atoms with van der Waals surface area (Å²) in [6, 6.07) is 0. The highest BCUT2D eigenvalue weighted by Crippen LogP contribution is 2.19. The van der Waals surface area contributed by atoms with Crippen LogP contribution in [0.25, 0.3) is 0 Å².